The summed E-state index contributed by atoms with van der Waals surface area (Å²) in [5.74, 6) is -0.0524. The van der Waals surface area contributed by atoms with Gasteiger partial charge in [-0.3, -0.25) is 4.79 Å². The SMILES string of the molecule is COC(=O)C1=C(N)Oc2cc(C)n(CCc3ccc(OC)c(OC)c3)c(=O)c2[C@@H]1c1cccc(Cl)c1. The first kappa shape index (κ1) is 25.2. The van der Waals surface area contributed by atoms with Crippen molar-refractivity contribution >= 4 is 17.6 Å². The minimum Gasteiger partial charge on any atom is -0.493 e. The molecule has 2 aromatic carbocycles. The average Bonchev–Trinajstić information content (AvgIpc) is 2.87. The van der Waals surface area contributed by atoms with E-state index in [-0.39, 0.29) is 17.0 Å². The number of hydrogen-bond donors (Lipinski definition) is 1. The summed E-state index contributed by atoms with van der Waals surface area (Å²) in [6.07, 6.45) is 0.560. The number of nitrogens with two attached hydrogens (primary N) is 1. The number of carbonyl (C=O) groups excluding carboxylic acids is 1. The number of pyridine rings is 1. The highest BCUT2D eigenvalue weighted by atomic mass is 35.5. The Labute approximate surface area is 213 Å². The molecule has 1 aromatic heterocycles. The van der Waals surface area contributed by atoms with E-state index in [1.165, 1.54) is 7.11 Å². The van der Waals surface area contributed by atoms with Crippen LogP contribution < -0.4 is 25.5 Å². The van der Waals surface area contributed by atoms with Crippen LogP contribution in [0.1, 0.15) is 28.3 Å². The molecule has 1 atom stereocenters. The molecule has 0 saturated heterocycles. The smallest absolute Gasteiger partial charge is 0.340 e. The van der Waals surface area contributed by atoms with E-state index in [1.54, 1.807) is 49.1 Å². The number of fused-ring (bicyclic) bond motifs is 1. The zero-order chi connectivity index (χ0) is 26.0. The van der Waals surface area contributed by atoms with Gasteiger partial charge in [0.05, 0.1) is 32.8 Å². The zero-order valence-electron chi connectivity index (χ0n) is 20.5. The number of carbonyl (C=O) groups is 1. The van der Waals surface area contributed by atoms with Gasteiger partial charge in [0.2, 0.25) is 5.88 Å². The molecule has 0 saturated carbocycles. The zero-order valence-corrected chi connectivity index (χ0v) is 21.2. The fraction of sp³-hybridized carbons (Fsp3) is 0.259. The Morgan fingerprint density at radius 2 is 1.83 bits per heavy atom. The van der Waals surface area contributed by atoms with Crippen molar-refractivity contribution in [3.63, 3.8) is 0 Å². The largest absolute Gasteiger partial charge is 0.493 e. The third-order valence-corrected chi connectivity index (χ3v) is 6.46. The first-order valence-corrected chi connectivity index (χ1v) is 11.6. The van der Waals surface area contributed by atoms with Gasteiger partial charge in [0.15, 0.2) is 11.5 Å². The molecule has 2 N–H and O–H groups in total. The first-order valence-electron chi connectivity index (χ1n) is 11.3. The van der Waals surface area contributed by atoms with E-state index in [4.69, 9.17) is 36.3 Å². The second-order valence-electron chi connectivity index (χ2n) is 8.32. The van der Waals surface area contributed by atoms with Gasteiger partial charge in [-0.05, 0) is 48.7 Å². The average molecular weight is 511 g/mol. The number of ether oxygens (including phenoxy) is 4. The van der Waals surface area contributed by atoms with Crippen LogP contribution in [0.25, 0.3) is 0 Å². The van der Waals surface area contributed by atoms with Crippen LogP contribution >= 0.6 is 11.6 Å². The molecule has 0 spiro atoms. The van der Waals surface area contributed by atoms with Crippen molar-refractivity contribution in [2.45, 2.75) is 25.8 Å². The van der Waals surface area contributed by atoms with Crippen molar-refractivity contribution in [1.29, 1.82) is 0 Å². The topological polar surface area (TPSA) is 102 Å². The second-order valence-corrected chi connectivity index (χ2v) is 8.76. The Morgan fingerprint density at radius 1 is 1.08 bits per heavy atom. The quantitative estimate of drug-likeness (QED) is 0.480. The van der Waals surface area contributed by atoms with Gasteiger partial charge >= 0.3 is 5.97 Å². The Hall–Kier alpha value is -3.91. The number of methoxy groups -OCH3 is 3. The fourth-order valence-electron chi connectivity index (χ4n) is 4.47. The van der Waals surface area contributed by atoms with E-state index in [0.29, 0.717) is 52.1 Å². The van der Waals surface area contributed by atoms with Gasteiger partial charge in [0.1, 0.15) is 11.3 Å². The van der Waals surface area contributed by atoms with Crippen LogP contribution in [-0.2, 0) is 22.5 Å². The molecule has 0 unspecified atom stereocenters. The highest BCUT2D eigenvalue weighted by Crippen LogP contribution is 2.41. The molecule has 1 aliphatic heterocycles. The van der Waals surface area contributed by atoms with E-state index in [1.807, 2.05) is 25.1 Å². The third kappa shape index (κ3) is 4.64. The molecule has 188 valence electrons. The van der Waals surface area contributed by atoms with Crippen molar-refractivity contribution in [2.75, 3.05) is 21.3 Å². The molecule has 4 rings (SSSR count). The number of aromatic nitrogens is 1. The van der Waals surface area contributed by atoms with E-state index in [9.17, 15) is 9.59 Å². The molecular formula is C27H27ClN2O6. The molecule has 0 radical (unpaired) electrons. The van der Waals surface area contributed by atoms with E-state index < -0.39 is 11.9 Å². The van der Waals surface area contributed by atoms with E-state index >= 15 is 0 Å². The molecule has 0 bridgehead atoms. The predicted octanol–water partition coefficient (Wildman–Crippen LogP) is 3.94. The molecule has 2 heterocycles. The lowest BCUT2D eigenvalue weighted by Gasteiger charge is -2.29. The molecule has 3 aromatic rings. The van der Waals surface area contributed by atoms with Gasteiger partial charge in [-0.1, -0.05) is 29.8 Å². The number of rotatable bonds is 7. The van der Waals surface area contributed by atoms with Gasteiger partial charge < -0.3 is 29.2 Å². The molecule has 0 aliphatic carbocycles. The first-order chi connectivity index (χ1) is 17.3. The Bertz CT molecular complexity index is 1410. The van der Waals surface area contributed by atoms with Crippen LogP contribution in [0.15, 0.2) is 64.8 Å². The summed E-state index contributed by atoms with van der Waals surface area (Å²) in [7, 11) is 4.41. The maximum Gasteiger partial charge on any atom is 0.340 e. The molecule has 0 fully saturated rings. The summed E-state index contributed by atoms with van der Waals surface area (Å²) < 4.78 is 23.1. The number of aryl methyl sites for hydroxylation is 2. The third-order valence-electron chi connectivity index (χ3n) is 6.23. The van der Waals surface area contributed by atoms with Crippen LogP contribution in [0.2, 0.25) is 5.02 Å². The highest BCUT2D eigenvalue weighted by Gasteiger charge is 2.38. The number of nitrogens with zero attached hydrogens (tertiary/aromatic N) is 1. The number of halogens is 1. The minimum atomic E-state index is -0.805. The van der Waals surface area contributed by atoms with Crippen LogP contribution in [0.4, 0.5) is 0 Å². The molecule has 0 amide bonds. The highest BCUT2D eigenvalue weighted by molar-refractivity contribution is 6.30. The number of benzene rings is 2. The molecular weight excluding hydrogens is 484 g/mol. The van der Waals surface area contributed by atoms with Gasteiger partial charge in [-0.25, -0.2) is 4.79 Å². The van der Waals surface area contributed by atoms with Gasteiger partial charge in [0, 0.05) is 23.3 Å². The van der Waals surface area contributed by atoms with Crippen molar-refractivity contribution in [2.24, 2.45) is 5.73 Å². The van der Waals surface area contributed by atoms with Crippen molar-refractivity contribution in [1.82, 2.24) is 4.57 Å². The van der Waals surface area contributed by atoms with Crippen LogP contribution in [0, 0.1) is 6.92 Å². The maximum atomic E-state index is 13.9. The van der Waals surface area contributed by atoms with E-state index in [2.05, 4.69) is 0 Å². The monoisotopic (exact) mass is 510 g/mol. The molecule has 36 heavy (non-hydrogen) atoms. The predicted molar refractivity (Wildman–Crippen MR) is 136 cm³/mol. The lowest BCUT2D eigenvalue weighted by atomic mass is 9.83. The van der Waals surface area contributed by atoms with Gasteiger partial charge in [-0.15, -0.1) is 0 Å². The number of esters is 1. The fourth-order valence-corrected chi connectivity index (χ4v) is 4.67. The summed E-state index contributed by atoms with van der Waals surface area (Å²) in [6.45, 7) is 2.21. The lowest BCUT2D eigenvalue weighted by Crippen LogP contribution is -2.35. The summed E-state index contributed by atoms with van der Waals surface area (Å²) in [6, 6.07) is 14.3. The van der Waals surface area contributed by atoms with Gasteiger partial charge in [0.25, 0.3) is 5.56 Å². The summed E-state index contributed by atoms with van der Waals surface area (Å²) in [5, 5.41) is 0.462. The minimum absolute atomic E-state index is 0.0552. The van der Waals surface area contributed by atoms with Crippen LogP contribution in [0.5, 0.6) is 17.2 Å². The van der Waals surface area contributed by atoms with Crippen LogP contribution in [0.3, 0.4) is 0 Å². The second kappa shape index (κ2) is 10.4. The van der Waals surface area contributed by atoms with Crippen molar-refractivity contribution in [3.05, 3.63) is 97.7 Å². The summed E-state index contributed by atoms with van der Waals surface area (Å²) >= 11 is 6.25. The van der Waals surface area contributed by atoms with Crippen molar-refractivity contribution in [3.8, 4) is 17.2 Å². The summed E-state index contributed by atoms with van der Waals surface area (Å²) in [5.41, 5.74) is 8.51. The molecule has 9 heteroatoms. The Kier molecular flexibility index (Phi) is 7.26. The molecule has 8 nitrogen and oxygen atoms in total. The Morgan fingerprint density at radius 3 is 2.50 bits per heavy atom. The van der Waals surface area contributed by atoms with E-state index in [0.717, 1.165) is 5.56 Å². The molecule has 1 aliphatic rings. The lowest BCUT2D eigenvalue weighted by molar-refractivity contribution is -0.136. The van der Waals surface area contributed by atoms with Gasteiger partial charge in [-0.2, -0.15) is 0 Å². The number of hydrogen-bond acceptors (Lipinski definition) is 7. The van der Waals surface area contributed by atoms with Crippen LogP contribution in [-0.4, -0.2) is 31.9 Å². The Balaban J connectivity index is 1.80. The summed E-state index contributed by atoms with van der Waals surface area (Å²) in [4.78, 5) is 26.6. The maximum absolute atomic E-state index is 13.9. The van der Waals surface area contributed by atoms with Crippen molar-refractivity contribution < 1.29 is 23.7 Å². The standard InChI is InChI=1S/C27H27ClN2O6/c1-15-12-21-23(26(31)30(15)11-10-16-8-9-19(33-2)20(13-16)34-3)22(17-6-5-7-18(28)14-17)24(25(29)36-21)27(32)35-4/h5-9,12-14,22H,10-11,29H2,1-4H3/t22-/m0/s1. The normalized spacial score (nSPS) is 14.6.